The smallest absolute Gasteiger partial charge is 0.241 e. The molecule has 0 aliphatic carbocycles. The predicted molar refractivity (Wildman–Crippen MR) is 113 cm³/mol. The molecule has 2 aromatic rings. The number of nitrogens with zero attached hydrogens (tertiary/aromatic N) is 1. The van der Waals surface area contributed by atoms with Crippen molar-refractivity contribution in [2.24, 2.45) is 0 Å². The van der Waals surface area contributed by atoms with Crippen LogP contribution in [0.5, 0.6) is 0 Å². The average Bonchev–Trinajstić information content (AvgIpc) is 2.58. The van der Waals surface area contributed by atoms with E-state index in [1.54, 1.807) is 18.2 Å². The Labute approximate surface area is 166 Å². The molecule has 0 radical (unpaired) electrons. The minimum absolute atomic E-state index is 0.255. The first-order valence-corrected chi connectivity index (χ1v) is 11.6. The lowest BCUT2D eigenvalue weighted by molar-refractivity contribution is -0.121. The van der Waals surface area contributed by atoms with Gasteiger partial charge in [-0.3, -0.25) is 9.10 Å². The molecule has 1 N–H and O–H groups in total. The molecule has 27 heavy (non-hydrogen) atoms. The highest BCUT2D eigenvalue weighted by Crippen LogP contribution is 2.24. The van der Waals surface area contributed by atoms with Crippen molar-refractivity contribution in [1.82, 2.24) is 5.32 Å². The van der Waals surface area contributed by atoms with E-state index in [9.17, 15) is 13.2 Å². The molecule has 0 unspecified atom stereocenters. The SMILES string of the molecule is CSc1cccc(N(CC(=O)NC(C)(C)Cc2ccccc2)S(C)(=O)=O)c1. The van der Waals surface area contributed by atoms with E-state index in [4.69, 9.17) is 0 Å². The molecular weight excluding hydrogens is 380 g/mol. The van der Waals surface area contributed by atoms with Crippen LogP contribution in [0.15, 0.2) is 59.5 Å². The van der Waals surface area contributed by atoms with E-state index in [2.05, 4.69) is 5.32 Å². The summed E-state index contributed by atoms with van der Waals surface area (Å²) in [5.74, 6) is -0.337. The summed E-state index contributed by atoms with van der Waals surface area (Å²) in [5.41, 5.74) is 1.10. The van der Waals surface area contributed by atoms with Crippen LogP contribution in [0.25, 0.3) is 0 Å². The van der Waals surface area contributed by atoms with Gasteiger partial charge in [-0.2, -0.15) is 0 Å². The summed E-state index contributed by atoms with van der Waals surface area (Å²) in [6.45, 7) is 3.60. The summed E-state index contributed by atoms with van der Waals surface area (Å²) >= 11 is 1.52. The Morgan fingerprint density at radius 3 is 2.37 bits per heavy atom. The number of anilines is 1. The van der Waals surface area contributed by atoms with E-state index in [1.165, 1.54) is 11.8 Å². The van der Waals surface area contributed by atoms with E-state index in [0.717, 1.165) is 21.0 Å². The van der Waals surface area contributed by atoms with Gasteiger partial charge in [0, 0.05) is 10.4 Å². The Morgan fingerprint density at radius 2 is 1.78 bits per heavy atom. The molecule has 7 heteroatoms. The van der Waals surface area contributed by atoms with Crippen molar-refractivity contribution in [3.05, 3.63) is 60.2 Å². The van der Waals surface area contributed by atoms with Gasteiger partial charge in [0.25, 0.3) is 0 Å². The number of amides is 1. The molecule has 0 spiro atoms. The zero-order valence-electron chi connectivity index (χ0n) is 16.1. The third-order valence-corrected chi connectivity index (χ3v) is 5.86. The molecule has 0 aliphatic rings. The zero-order valence-corrected chi connectivity index (χ0v) is 17.7. The van der Waals surface area contributed by atoms with Crippen molar-refractivity contribution in [1.29, 1.82) is 0 Å². The lowest BCUT2D eigenvalue weighted by Gasteiger charge is -2.29. The van der Waals surface area contributed by atoms with Gasteiger partial charge in [0.15, 0.2) is 0 Å². The maximum Gasteiger partial charge on any atom is 0.241 e. The van der Waals surface area contributed by atoms with Gasteiger partial charge in [0.2, 0.25) is 15.9 Å². The molecule has 5 nitrogen and oxygen atoms in total. The number of benzene rings is 2. The lowest BCUT2D eigenvalue weighted by Crippen LogP contribution is -2.50. The largest absolute Gasteiger partial charge is 0.349 e. The molecule has 1 amide bonds. The topological polar surface area (TPSA) is 66.5 Å². The summed E-state index contributed by atoms with van der Waals surface area (Å²) < 4.78 is 25.7. The number of carbonyl (C=O) groups is 1. The Kier molecular flexibility index (Phi) is 6.95. The fourth-order valence-electron chi connectivity index (χ4n) is 2.86. The first-order chi connectivity index (χ1) is 12.6. The summed E-state index contributed by atoms with van der Waals surface area (Å²) in [6.07, 6.45) is 3.68. The third-order valence-electron chi connectivity index (χ3n) is 4.00. The first kappa shape index (κ1) is 21.3. The predicted octanol–water partition coefficient (Wildman–Crippen LogP) is 3.31. The van der Waals surface area contributed by atoms with E-state index in [-0.39, 0.29) is 12.5 Å². The summed E-state index contributed by atoms with van der Waals surface area (Å²) in [5, 5.41) is 2.96. The van der Waals surface area contributed by atoms with Crippen LogP contribution in [0.1, 0.15) is 19.4 Å². The minimum atomic E-state index is -3.59. The molecule has 146 valence electrons. The van der Waals surface area contributed by atoms with Crippen LogP contribution in [-0.4, -0.2) is 38.9 Å². The third kappa shape index (κ3) is 6.59. The van der Waals surface area contributed by atoms with Gasteiger partial charge in [-0.05, 0) is 50.3 Å². The van der Waals surface area contributed by atoms with Crippen molar-refractivity contribution in [2.75, 3.05) is 23.4 Å². The molecule has 2 rings (SSSR count). The monoisotopic (exact) mass is 406 g/mol. The second-order valence-electron chi connectivity index (χ2n) is 7.07. The van der Waals surface area contributed by atoms with E-state index < -0.39 is 15.6 Å². The molecule has 2 aromatic carbocycles. The highest BCUT2D eigenvalue weighted by molar-refractivity contribution is 7.98. The molecule has 0 atom stereocenters. The number of rotatable bonds is 8. The Morgan fingerprint density at radius 1 is 1.11 bits per heavy atom. The fraction of sp³-hybridized carbons (Fsp3) is 0.350. The van der Waals surface area contributed by atoms with Gasteiger partial charge < -0.3 is 5.32 Å². The number of carbonyl (C=O) groups excluding carboxylic acids is 1. The van der Waals surface area contributed by atoms with E-state index in [1.807, 2.05) is 56.5 Å². The lowest BCUT2D eigenvalue weighted by atomic mass is 9.95. The van der Waals surface area contributed by atoms with Crippen LogP contribution < -0.4 is 9.62 Å². The Bertz CT molecular complexity index is 881. The second-order valence-corrected chi connectivity index (χ2v) is 9.85. The molecular formula is C20H26N2O3S2. The molecule has 0 aliphatic heterocycles. The van der Waals surface area contributed by atoms with Crippen LogP contribution in [0.3, 0.4) is 0 Å². The summed E-state index contributed by atoms with van der Waals surface area (Å²) in [4.78, 5) is 13.5. The standard InChI is InChI=1S/C20H26N2O3S2/c1-20(2,14-16-9-6-5-7-10-16)21-19(23)15-22(27(4,24)25)17-11-8-12-18(13-17)26-3/h5-13H,14-15H2,1-4H3,(H,21,23). The number of nitrogens with one attached hydrogen (secondary N) is 1. The van der Waals surface area contributed by atoms with Crippen LogP contribution in [0, 0.1) is 0 Å². The quantitative estimate of drug-likeness (QED) is 0.683. The van der Waals surface area contributed by atoms with Crippen LogP contribution >= 0.6 is 11.8 Å². The van der Waals surface area contributed by atoms with E-state index >= 15 is 0 Å². The fourth-order valence-corrected chi connectivity index (χ4v) is 4.16. The maximum absolute atomic E-state index is 12.6. The van der Waals surface area contributed by atoms with Gasteiger partial charge in [-0.25, -0.2) is 8.42 Å². The summed E-state index contributed by atoms with van der Waals surface area (Å²) in [7, 11) is -3.59. The number of sulfonamides is 1. The van der Waals surface area contributed by atoms with Crippen LogP contribution in [-0.2, 0) is 21.2 Å². The molecule has 0 aromatic heterocycles. The average molecular weight is 407 g/mol. The molecule has 0 bridgehead atoms. The van der Waals surface area contributed by atoms with Crippen molar-refractivity contribution >= 4 is 33.4 Å². The second kappa shape index (κ2) is 8.80. The molecule has 0 heterocycles. The van der Waals surface area contributed by atoms with Crippen molar-refractivity contribution in [3.63, 3.8) is 0 Å². The number of hydrogen-bond acceptors (Lipinski definition) is 4. The first-order valence-electron chi connectivity index (χ1n) is 8.57. The van der Waals surface area contributed by atoms with Crippen molar-refractivity contribution in [3.8, 4) is 0 Å². The number of thioether (sulfide) groups is 1. The highest BCUT2D eigenvalue weighted by atomic mass is 32.2. The van der Waals surface area contributed by atoms with Crippen LogP contribution in [0.4, 0.5) is 5.69 Å². The number of hydrogen-bond donors (Lipinski definition) is 1. The van der Waals surface area contributed by atoms with Crippen LogP contribution in [0.2, 0.25) is 0 Å². The molecule has 0 saturated heterocycles. The van der Waals surface area contributed by atoms with E-state index in [0.29, 0.717) is 12.1 Å². The normalized spacial score (nSPS) is 11.9. The maximum atomic E-state index is 12.6. The zero-order chi connectivity index (χ0) is 20.1. The van der Waals surface area contributed by atoms with Gasteiger partial charge in [-0.15, -0.1) is 11.8 Å². The molecule has 0 saturated carbocycles. The van der Waals surface area contributed by atoms with Gasteiger partial charge in [0.05, 0.1) is 11.9 Å². The Balaban J connectivity index is 2.14. The van der Waals surface area contributed by atoms with Gasteiger partial charge in [-0.1, -0.05) is 36.4 Å². The van der Waals surface area contributed by atoms with Crippen molar-refractivity contribution in [2.45, 2.75) is 30.7 Å². The van der Waals surface area contributed by atoms with Gasteiger partial charge in [0.1, 0.15) is 6.54 Å². The Hall–Kier alpha value is -1.99. The van der Waals surface area contributed by atoms with Crippen molar-refractivity contribution < 1.29 is 13.2 Å². The summed E-state index contributed by atoms with van der Waals surface area (Å²) in [6, 6.07) is 17.0. The minimum Gasteiger partial charge on any atom is -0.349 e. The highest BCUT2D eigenvalue weighted by Gasteiger charge is 2.25. The molecule has 0 fully saturated rings. The van der Waals surface area contributed by atoms with Gasteiger partial charge >= 0.3 is 0 Å².